The van der Waals surface area contributed by atoms with Crippen LogP contribution in [0.5, 0.6) is 0 Å². The van der Waals surface area contributed by atoms with Crippen LogP contribution in [0.2, 0.25) is 0 Å². The molecule has 3 heteroatoms. The van der Waals surface area contributed by atoms with Crippen LogP contribution in [0, 0.1) is 5.92 Å². The number of rotatable bonds is 3. The molecule has 0 saturated heterocycles. The minimum atomic E-state index is -2.10. The fourth-order valence-corrected chi connectivity index (χ4v) is 2.11. The van der Waals surface area contributed by atoms with E-state index in [4.69, 9.17) is 0 Å². The normalized spacial score (nSPS) is 20.4. The molecule has 14 heavy (non-hydrogen) atoms. The Bertz CT molecular complexity index is 341. The summed E-state index contributed by atoms with van der Waals surface area (Å²) >= 11 is -2.10. The van der Waals surface area contributed by atoms with E-state index < -0.39 is 11.1 Å². The van der Waals surface area contributed by atoms with Crippen molar-refractivity contribution in [1.82, 2.24) is 0 Å². The lowest BCUT2D eigenvalue weighted by molar-refractivity contribution is 0.537. The Labute approximate surface area is 86.6 Å². The summed E-state index contributed by atoms with van der Waals surface area (Å²) < 4.78 is 21.3. The summed E-state index contributed by atoms with van der Waals surface area (Å²) in [4.78, 5) is 0.372. The summed E-state index contributed by atoms with van der Waals surface area (Å²) in [6.07, 6.45) is 2.63. The van der Waals surface area contributed by atoms with Gasteiger partial charge in [0.1, 0.15) is 0 Å². The molecule has 1 aromatic carbocycles. The molecule has 1 fully saturated rings. The van der Waals surface area contributed by atoms with Crippen molar-refractivity contribution in [2.45, 2.75) is 30.6 Å². The lowest BCUT2D eigenvalue weighted by Crippen LogP contribution is -1.96. The molecule has 2 nitrogen and oxygen atoms in total. The Morgan fingerprint density at radius 3 is 2.36 bits per heavy atom. The Balaban J connectivity index is 2.16. The van der Waals surface area contributed by atoms with E-state index in [1.54, 1.807) is 12.1 Å². The first-order valence-corrected chi connectivity index (χ1v) is 5.95. The van der Waals surface area contributed by atoms with E-state index in [0.29, 0.717) is 10.8 Å². The second-order valence-electron chi connectivity index (χ2n) is 3.93. The molecular formula is C11H13O2S-. The third kappa shape index (κ3) is 2.04. The molecule has 2 atom stereocenters. The summed E-state index contributed by atoms with van der Waals surface area (Å²) in [5.41, 5.74) is 1.25. The van der Waals surface area contributed by atoms with Crippen molar-refractivity contribution in [3.63, 3.8) is 0 Å². The Hall–Kier alpha value is -0.670. The molecule has 0 bridgehead atoms. The molecule has 0 radical (unpaired) electrons. The minimum absolute atomic E-state index is 0.372. The molecular weight excluding hydrogens is 196 g/mol. The van der Waals surface area contributed by atoms with Crippen LogP contribution in [-0.4, -0.2) is 8.76 Å². The third-order valence-electron chi connectivity index (χ3n) is 2.93. The minimum Gasteiger partial charge on any atom is -0.768 e. The largest absolute Gasteiger partial charge is 0.768 e. The van der Waals surface area contributed by atoms with Gasteiger partial charge in [0.2, 0.25) is 0 Å². The predicted octanol–water partition coefficient (Wildman–Crippen LogP) is 2.44. The summed E-state index contributed by atoms with van der Waals surface area (Å²) in [5.74, 6) is 1.39. The fraction of sp³-hybridized carbons (Fsp3) is 0.455. The molecule has 1 aliphatic rings. The highest BCUT2D eigenvalue weighted by Crippen LogP contribution is 2.42. The average molecular weight is 209 g/mol. The molecule has 0 heterocycles. The van der Waals surface area contributed by atoms with Crippen LogP contribution in [0.4, 0.5) is 0 Å². The fourth-order valence-electron chi connectivity index (χ4n) is 1.75. The van der Waals surface area contributed by atoms with Crippen LogP contribution in [0.25, 0.3) is 0 Å². The van der Waals surface area contributed by atoms with E-state index in [1.807, 2.05) is 12.1 Å². The van der Waals surface area contributed by atoms with Crippen molar-refractivity contribution >= 4 is 11.1 Å². The van der Waals surface area contributed by atoms with E-state index in [2.05, 4.69) is 6.92 Å². The zero-order valence-corrected chi connectivity index (χ0v) is 8.92. The maximum atomic E-state index is 10.6. The van der Waals surface area contributed by atoms with Gasteiger partial charge in [-0.15, -0.1) is 0 Å². The van der Waals surface area contributed by atoms with Crippen LogP contribution < -0.4 is 0 Å². The van der Waals surface area contributed by atoms with Gasteiger partial charge in [0.15, 0.2) is 0 Å². The van der Waals surface area contributed by atoms with Gasteiger partial charge in [-0.05, 0) is 53.5 Å². The third-order valence-corrected chi connectivity index (χ3v) is 3.58. The number of hydrogen-bond acceptors (Lipinski definition) is 2. The molecule has 0 N–H and O–H groups in total. The van der Waals surface area contributed by atoms with Gasteiger partial charge in [0, 0.05) is 4.90 Å². The zero-order chi connectivity index (χ0) is 10.1. The topological polar surface area (TPSA) is 40.1 Å². The van der Waals surface area contributed by atoms with Crippen LogP contribution in [-0.2, 0) is 11.1 Å². The standard InChI is InChI=1S/C11H14O2S/c1-8(9-2-3-9)10-4-6-11(7-5-10)14(12)13/h4-9H,2-3H2,1H3,(H,12,13)/p-1. The summed E-state index contributed by atoms with van der Waals surface area (Å²) in [6, 6.07) is 7.21. The van der Waals surface area contributed by atoms with Gasteiger partial charge in [0.25, 0.3) is 0 Å². The predicted molar refractivity (Wildman–Crippen MR) is 54.8 cm³/mol. The van der Waals surface area contributed by atoms with Gasteiger partial charge in [-0.2, -0.15) is 0 Å². The van der Waals surface area contributed by atoms with Crippen molar-refractivity contribution in [3.8, 4) is 0 Å². The highest BCUT2D eigenvalue weighted by atomic mass is 32.2. The molecule has 76 valence electrons. The second-order valence-corrected chi connectivity index (χ2v) is 4.87. The first kappa shape index (κ1) is 9.87. The van der Waals surface area contributed by atoms with Gasteiger partial charge in [-0.1, -0.05) is 19.1 Å². The molecule has 1 aromatic rings. The van der Waals surface area contributed by atoms with E-state index in [1.165, 1.54) is 18.4 Å². The highest BCUT2D eigenvalue weighted by molar-refractivity contribution is 7.79. The summed E-state index contributed by atoms with van der Waals surface area (Å²) in [7, 11) is 0. The van der Waals surface area contributed by atoms with Gasteiger partial charge in [-0.3, -0.25) is 4.21 Å². The maximum Gasteiger partial charge on any atom is 0.0248 e. The quantitative estimate of drug-likeness (QED) is 0.717. The lowest BCUT2D eigenvalue weighted by atomic mass is 9.97. The molecule has 2 rings (SSSR count). The molecule has 2 unspecified atom stereocenters. The molecule has 0 amide bonds. The van der Waals surface area contributed by atoms with Gasteiger partial charge >= 0.3 is 0 Å². The van der Waals surface area contributed by atoms with E-state index in [9.17, 15) is 8.76 Å². The molecule has 0 aliphatic heterocycles. The maximum absolute atomic E-state index is 10.6. The monoisotopic (exact) mass is 209 g/mol. The SMILES string of the molecule is CC(c1ccc(S(=O)[O-])cc1)C1CC1. The van der Waals surface area contributed by atoms with Crippen molar-refractivity contribution in [1.29, 1.82) is 0 Å². The van der Waals surface area contributed by atoms with Crippen molar-refractivity contribution in [2.24, 2.45) is 5.92 Å². The van der Waals surface area contributed by atoms with E-state index >= 15 is 0 Å². The highest BCUT2D eigenvalue weighted by Gasteiger charge is 2.28. The van der Waals surface area contributed by atoms with Gasteiger partial charge < -0.3 is 4.55 Å². The lowest BCUT2D eigenvalue weighted by Gasteiger charge is -2.11. The van der Waals surface area contributed by atoms with Crippen molar-refractivity contribution < 1.29 is 8.76 Å². The second kappa shape index (κ2) is 3.83. The van der Waals surface area contributed by atoms with E-state index in [0.717, 1.165) is 5.92 Å². The van der Waals surface area contributed by atoms with Crippen LogP contribution in [0.1, 0.15) is 31.2 Å². The van der Waals surface area contributed by atoms with E-state index in [-0.39, 0.29) is 0 Å². The average Bonchev–Trinajstić information content (AvgIpc) is 3.00. The Morgan fingerprint density at radius 1 is 1.36 bits per heavy atom. The molecule has 1 aliphatic carbocycles. The first-order chi connectivity index (χ1) is 6.68. The first-order valence-electron chi connectivity index (χ1n) is 4.87. The summed E-state index contributed by atoms with van der Waals surface area (Å²) in [5, 5.41) is 0. The smallest absolute Gasteiger partial charge is 0.0248 e. The summed E-state index contributed by atoms with van der Waals surface area (Å²) in [6.45, 7) is 2.21. The Morgan fingerprint density at radius 2 is 1.93 bits per heavy atom. The van der Waals surface area contributed by atoms with Crippen LogP contribution in [0.3, 0.4) is 0 Å². The van der Waals surface area contributed by atoms with Gasteiger partial charge in [-0.25, -0.2) is 0 Å². The van der Waals surface area contributed by atoms with Crippen LogP contribution >= 0.6 is 0 Å². The van der Waals surface area contributed by atoms with Crippen molar-refractivity contribution in [3.05, 3.63) is 29.8 Å². The molecule has 1 saturated carbocycles. The Kier molecular flexibility index (Phi) is 2.70. The molecule has 0 aromatic heterocycles. The van der Waals surface area contributed by atoms with Crippen molar-refractivity contribution in [2.75, 3.05) is 0 Å². The van der Waals surface area contributed by atoms with Crippen LogP contribution in [0.15, 0.2) is 29.2 Å². The zero-order valence-electron chi connectivity index (χ0n) is 8.10. The van der Waals surface area contributed by atoms with Gasteiger partial charge in [0.05, 0.1) is 0 Å². The number of hydrogen-bond donors (Lipinski definition) is 0. The molecule has 0 spiro atoms. The number of benzene rings is 1.